The van der Waals surface area contributed by atoms with E-state index in [1.54, 1.807) is 0 Å². The van der Waals surface area contributed by atoms with Gasteiger partial charge in [-0.25, -0.2) is 0 Å². The minimum Gasteiger partial charge on any atom is -0.381 e. The van der Waals surface area contributed by atoms with Gasteiger partial charge in [-0.1, -0.05) is 51.4 Å². The summed E-state index contributed by atoms with van der Waals surface area (Å²) in [5.74, 6) is 0.142. The molecule has 0 aromatic carbocycles. The van der Waals surface area contributed by atoms with Gasteiger partial charge in [0.25, 0.3) is 0 Å². The summed E-state index contributed by atoms with van der Waals surface area (Å²) in [6, 6.07) is 0. The standard InChI is InChI=1S/C14H26O2/c15-12-14-10-8-6-4-2-1-3-5-7-9-11-16-13-14/h12,14H,1-11,13H2. The molecule has 0 N–H and O–H groups in total. The van der Waals surface area contributed by atoms with Gasteiger partial charge in [-0.05, 0) is 12.8 Å². The third-order valence-electron chi connectivity index (χ3n) is 3.39. The molecular weight excluding hydrogens is 200 g/mol. The highest BCUT2D eigenvalue weighted by Crippen LogP contribution is 2.14. The lowest BCUT2D eigenvalue weighted by Gasteiger charge is -2.12. The van der Waals surface area contributed by atoms with Crippen molar-refractivity contribution >= 4 is 6.29 Å². The Morgan fingerprint density at radius 2 is 1.38 bits per heavy atom. The van der Waals surface area contributed by atoms with Crippen molar-refractivity contribution in [1.82, 2.24) is 0 Å². The van der Waals surface area contributed by atoms with Crippen LogP contribution in [0.1, 0.15) is 64.2 Å². The second-order valence-electron chi connectivity index (χ2n) is 4.94. The fourth-order valence-electron chi connectivity index (χ4n) is 2.27. The third-order valence-corrected chi connectivity index (χ3v) is 3.39. The predicted octanol–water partition coefficient (Wildman–Crippen LogP) is 3.73. The number of hydrogen-bond acceptors (Lipinski definition) is 2. The van der Waals surface area contributed by atoms with Crippen LogP contribution >= 0.6 is 0 Å². The van der Waals surface area contributed by atoms with Crippen LogP contribution in [0.5, 0.6) is 0 Å². The Balaban J connectivity index is 2.18. The number of aldehydes is 1. The van der Waals surface area contributed by atoms with Crippen molar-refractivity contribution in [2.24, 2.45) is 5.92 Å². The molecule has 1 aliphatic heterocycles. The molecule has 1 unspecified atom stereocenters. The summed E-state index contributed by atoms with van der Waals surface area (Å²) < 4.78 is 5.55. The molecule has 16 heavy (non-hydrogen) atoms. The van der Waals surface area contributed by atoms with E-state index in [1.165, 1.54) is 51.4 Å². The molecule has 0 spiro atoms. The highest BCUT2D eigenvalue weighted by atomic mass is 16.5. The third kappa shape index (κ3) is 7.00. The molecule has 94 valence electrons. The first kappa shape index (κ1) is 13.7. The summed E-state index contributed by atoms with van der Waals surface area (Å²) in [6.07, 6.45) is 13.8. The second kappa shape index (κ2) is 9.83. The van der Waals surface area contributed by atoms with Crippen LogP contribution in [0, 0.1) is 5.92 Å². The molecule has 1 fully saturated rings. The van der Waals surface area contributed by atoms with Crippen LogP contribution in [0.25, 0.3) is 0 Å². The van der Waals surface area contributed by atoms with Gasteiger partial charge < -0.3 is 9.53 Å². The topological polar surface area (TPSA) is 26.3 Å². The molecule has 0 amide bonds. The molecule has 2 heteroatoms. The van der Waals surface area contributed by atoms with E-state index in [1.807, 2.05) is 0 Å². The smallest absolute Gasteiger partial charge is 0.125 e. The van der Waals surface area contributed by atoms with E-state index >= 15 is 0 Å². The Labute approximate surface area is 99.8 Å². The molecule has 0 aliphatic carbocycles. The van der Waals surface area contributed by atoms with Gasteiger partial charge in [0.05, 0.1) is 6.61 Å². The Bertz CT molecular complexity index is 154. The number of ether oxygens (including phenoxy) is 1. The van der Waals surface area contributed by atoms with E-state index in [4.69, 9.17) is 4.74 Å². The van der Waals surface area contributed by atoms with E-state index < -0.39 is 0 Å². The zero-order chi connectivity index (χ0) is 11.5. The maximum absolute atomic E-state index is 10.8. The van der Waals surface area contributed by atoms with Crippen LogP contribution in [0.15, 0.2) is 0 Å². The molecule has 2 nitrogen and oxygen atoms in total. The Morgan fingerprint density at radius 1 is 0.812 bits per heavy atom. The van der Waals surface area contributed by atoms with Gasteiger partial charge in [0.15, 0.2) is 0 Å². The van der Waals surface area contributed by atoms with Gasteiger partial charge in [0.1, 0.15) is 6.29 Å². The minimum atomic E-state index is 0.142. The lowest BCUT2D eigenvalue weighted by atomic mass is 10.0. The van der Waals surface area contributed by atoms with E-state index in [0.29, 0.717) is 6.61 Å². The van der Waals surface area contributed by atoms with E-state index in [9.17, 15) is 4.79 Å². The summed E-state index contributed by atoms with van der Waals surface area (Å²) >= 11 is 0. The summed E-state index contributed by atoms with van der Waals surface area (Å²) in [5.41, 5.74) is 0. The fourth-order valence-corrected chi connectivity index (χ4v) is 2.27. The van der Waals surface area contributed by atoms with Crippen LogP contribution in [0.2, 0.25) is 0 Å². The molecule has 1 saturated heterocycles. The average molecular weight is 226 g/mol. The van der Waals surface area contributed by atoms with E-state index in [-0.39, 0.29) is 5.92 Å². The van der Waals surface area contributed by atoms with Crippen LogP contribution in [-0.2, 0) is 9.53 Å². The highest BCUT2D eigenvalue weighted by molar-refractivity contribution is 5.53. The maximum Gasteiger partial charge on any atom is 0.125 e. The molecule has 1 heterocycles. The fraction of sp³-hybridized carbons (Fsp3) is 0.929. The second-order valence-corrected chi connectivity index (χ2v) is 4.94. The SMILES string of the molecule is O=CC1CCCCCCCCCCCOC1. The normalized spacial score (nSPS) is 26.9. The van der Waals surface area contributed by atoms with Crippen molar-refractivity contribution in [2.45, 2.75) is 64.2 Å². The quantitative estimate of drug-likeness (QED) is 0.637. The Hall–Kier alpha value is -0.370. The molecule has 0 saturated carbocycles. The molecule has 0 aromatic rings. The summed E-state index contributed by atoms with van der Waals surface area (Å²) in [5, 5.41) is 0. The summed E-state index contributed by atoms with van der Waals surface area (Å²) in [6.45, 7) is 1.48. The zero-order valence-electron chi connectivity index (χ0n) is 10.5. The first-order valence-electron chi connectivity index (χ1n) is 6.96. The molecular formula is C14H26O2. The lowest BCUT2D eigenvalue weighted by Crippen LogP contribution is -2.12. The number of hydrogen-bond donors (Lipinski definition) is 0. The lowest BCUT2D eigenvalue weighted by molar-refractivity contribution is -0.113. The number of rotatable bonds is 1. The first-order chi connectivity index (χ1) is 7.93. The van der Waals surface area contributed by atoms with Crippen molar-refractivity contribution in [2.75, 3.05) is 13.2 Å². The monoisotopic (exact) mass is 226 g/mol. The molecule has 0 bridgehead atoms. The molecule has 1 atom stereocenters. The van der Waals surface area contributed by atoms with Crippen molar-refractivity contribution < 1.29 is 9.53 Å². The number of carbonyl (C=O) groups is 1. The molecule has 1 aliphatic rings. The maximum atomic E-state index is 10.8. The van der Waals surface area contributed by atoms with Gasteiger partial charge in [-0.15, -0.1) is 0 Å². The Kier molecular flexibility index (Phi) is 8.41. The summed E-state index contributed by atoms with van der Waals surface area (Å²) in [4.78, 5) is 10.8. The van der Waals surface area contributed by atoms with Crippen molar-refractivity contribution in [1.29, 1.82) is 0 Å². The van der Waals surface area contributed by atoms with E-state index in [2.05, 4.69) is 0 Å². The van der Waals surface area contributed by atoms with Gasteiger partial charge in [0, 0.05) is 12.5 Å². The molecule has 0 radical (unpaired) electrons. The van der Waals surface area contributed by atoms with Crippen LogP contribution in [0.4, 0.5) is 0 Å². The van der Waals surface area contributed by atoms with Crippen molar-refractivity contribution in [3.8, 4) is 0 Å². The Morgan fingerprint density at radius 3 is 2.00 bits per heavy atom. The zero-order valence-corrected chi connectivity index (χ0v) is 10.5. The van der Waals surface area contributed by atoms with Gasteiger partial charge in [-0.3, -0.25) is 0 Å². The van der Waals surface area contributed by atoms with Crippen LogP contribution in [0.3, 0.4) is 0 Å². The van der Waals surface area contributed by atoms with Gasteiger partial charge in [-0.2, -0.15) is 0 Å². The molecule has 1 rings (SSSR count). The van der Waals surface area contributed by atoms with Crippen molar-refractivity contribution in [3.63, 3.8) is 0 Å². The first-order valence-corrected chi connectivity index (χ1v) is 6.96. The summed E-state index contributed by atoms with van der Waals surface area (Å²) in [7, 11) is 0. The largest absolute Gasteiger partial charge is 0.381 e. The van der Waals surface area contributed by atoms with Gasteiger partial charge in [0.2, 0.25) is 0 Å². The molecule has 0 aromatic heterocycles. The van der Waals surface area contributed by atoms with Crippen LogP contribution in [-0.4, -0.2) is 19.5 Å². The average Bonchev–Trinajstić information content (AvgIpc) is 2.32. The number of carbonyl (C=O) groups excluding carboxylic acids is 1. The minimum absolute atomic E-state index is 0.142. The van der Waals surface area contributed by atoms with Crippen molar-refractivity contribution in [3.05, 3.63) is 0 Å². The predicted molar refractivity (Wildman–Crippen MR) is 66.5 cm³/mol. The van der Waals surface area contributed by atoms with Crippen LogP contribution < -0.4 is 0 Å². The van der Waals surface area contributed by atoms with Gasteiger partial charge >= 0.3 is 0 Å². The van der Waals surface area contributed by atoms with E-state index in [0.717, 1.165) is 25.7 Å². The highest BCUT2D eigenvalue weighted by Gasteiger charge is 2.07.